The summed E-state index contributed by atoms with van der Waals surface area (Å²) in [6.45, 7) is 4.83. The number of pyridine rings is 1. The molecule has 0 aliphatic heterocycles. The second kappa shape index (κ2) is 11.0. The monoisotopic (exact) mass is 597 g/mol. The number of esters is 1. The summed E-state index contributed by atoms with van der Waals surface area (Å²) in [5, 5.41) is 0.749. The summed E-state index contributed by atoms with van der Waals surface area (Å²) >= 11 is 0. The van der Waals surface area contributed by atoms with Crippen molar-refractivity contribution in [3.05, 3.63) is 95.7 Å². The van der Waals surface area contributed by atoms with Gasteiger partial charge < -0.3 is 4.74 Å². The van der Waals surface area contributed by atoms with Gasteiger partial charge in [0.2, 0.25) is 5.67 Å². The molecular formula is C31H32FNO6S2. The first kappa shape index (κ1) is 30.3. The largest absolute Gasteiger partial charge is 0.463 e. The van der Waals surface area contributed by atoms with Gasteiger partial charge in [0, 0.05) is 41.6 Å². The van der Waals surface area contributed by atoms with E-state index >= 15 is 4.39 Å². The second-order valence-electron chi connectivity index (χ2n) is 10.6. The first-order valence-electron chi connectivity index (χ1n) is 12.9. The number of aromatic nitrogens is 1. The van der Waals surface area contributed by atoms with Gasteiger partial charge in [-0.05, 0) is 67.8 Å². The number of carbonyl (C=O) groups excluding carboxylic acids is 1. The van der Waals surface area contributed by atoms with E-state index < -0.39 is 36.1 Å². The van der Waals surface area contributed by atoms with Crippen LogP contribution in [0.3, 0.4) is 0 Å². The van der Waals surface area contributed by atoms with Gasteiger partial charge in [-0.1, -0.05) is 42.5 Å². The minimum absolute atomic E-state index is 0.00531. The van der Waals surface area contributed by atoms with Crippen LogP contribution in [0.2, 0.25) is 0 Å². The highest BCUT2D eigenvalue weighted by Gasteiger charge is 2.42. The summed E-state index contributed by atoms with van der Waals surface area (Å²) in [6, 6.07) is 19.3. The van der Waals surface area contributed by atoms with E-state index in [-0.39, 0.29) is 23.5 Å². The number of sulfone groups is 2. The molecule has 1 atom stereocenters. The lowest BCUT2D eigenvalue weighted by molar-refractivity contribution is -0.158. The number of hydrogen-bond acceptors (Lipinski definition) is 7. The number of halogens is 1. The standard InChI is InChI=1S/C31H32FNO6S2/c1-6-39-29(34)31(32,24-12-14-26(15-13-24)40(4,35)36)20-21-9-7-10-22(17-21)27-19-25(30(2,3)41(5,37)38)18-23-11-8-16-33-28(23)27/h7-19H,6,20H2,1-5H3. The van der Waals surface area contributed by atoms with Gasteiger partial charge in [0.15, 0.2) is 19.7 Å². The van der Waals surface area contributed by atoms with Gasteiger partial charge in [0.25, 0.3) is 0 Å². The predicted molar refractivity (Wildman–Crippen MR) is 158 cm³/mol. The van der Waals surface area contributed by atoms with Crippen LogP contribution in [-0.4, -0.2) is 46.9 Å². The van der Waals surface area contributed by atoms with E-state index in [1.165, 1.54) is 30.5 Å². The molecule has 7 nitrogen and oxygen atoms in total. The van der Waals surface area contributed by atoms with Crippen molar-refractivity contribution in [3.8, 4) is 11.1 Å². The Labute approximate surface area is 240 Å². The molecule has 1 aromatic heterocycles. The van der Waals surface area contributed by atoms with Gasteiger partial charge in [-0.25, -0.2) is 26.0 Å². The van der Waals surface area contributed by atoms with Crippen molar-refractivity contribution in [1.29, 1.82) is 0 Å². The Morgan fingerprint density at radius 2 is 1.59 bits per heavy atom. The lowest BCUT2D eigenvalue weighted by Crippen LogP contribution is -2.35. The average molecular weight is 598 g/mol. The fourth-order valence-corrected chi connectivity index (χ4v) is 5.78. The van der Waals surface area contributed by atoms with Crippen molar-refractivity contribution >= 4 is 36.5 Å². The fourth-order valence-electron chi connectivity index (χ4n) is 4.61. The van der Waals surface area contributed by atoms with Crippen LogP contribution in [0.4, 0.5) is 4.39 Å². The first-order chi connectivity index (χ1) is 19.1. The number of alkyl halides is 1. The number of carbonyl (C=O) groups is 1. The molecule has 0 N–H and O–H groups in total. The minimum Gasteiger partial charge on any atom is -0.463 e. The highest BCUT2D eigenvalue weighted by atomic mass is 32.2. The van der Waals surface area contributed by atoms with E-state index in [1.54, 1.807) is 57.3 Å². The molecule has 0 radical (unpaired) electrons. The van der Waals surface area contributed by atoms with Crippen molar-refractivity contribution in [2.75, 3.05) is 19.1 Å². The fraction of sp³-hybridized carbons (Fsp3) is 0.290. The van der Waals surface area contributed by atoms with Gasteiger partial charge in [-0.15, -0.1) is 0 Å². The summed E-state index contributed by atoms with van der Waals surface area (Å²) < 4.78 is 69.7. The Kier molecular flexibility index (Phi) is 8.12. The first-order valence-corrected chi connectivity index (χ1v) is 16.7. The molecule has 10 heteroatoms. The molecule has 4 aromatic rings. The van der Waals surface area contributed by atoms with E-state index in [2.05, 4.69) is 4.98 Å². The van der Waals surface area contributed by atoms with Crippen LogP contribution in [0.15, 0.2) is 83.9 Å². The summed E-state index contributed by atoms with van der Waals surface area (Å²) in [5.74, 6) is -1.08. The van der Waals surface area contributed by atoms with Crippen molar-refractivity contribution in [3.63, 3.8) is 0 Å². The van der Waals surface area contributed by atoms with Crippen LogP contribution >= 0.6 is 0 Å². The molecule has 0 aliphatic rings. The molecule has 0 amide bonds. The van der Waals surface area contributed by atoms with Crippen LogP contribution in [0.1, 0.15) is 37.5 Å². The van der Waals surface area contributed by atoms with Crippen molar-refractivity contribution in [2.45, 2.75) is 42.5 Å². The van der Waals surface area contributed by atoms with Crippen LogP contribution in [0.25, 0.3) is 22.0 Å². The number of nitrogens with zero attached hydrogens (tertiary/aromatic N) is 1. The maximum atomic E-state index is 16.7. The molecule has 4 rings (SSSR count). The highest BCUT2D eigenvalue weighted by molar-refractivity contribution is 7.91. The number of rotatable bonds is 9. The molecule has 0 fully saturated rings. The zero-order valence-corrected chi connectivity index (χ0v) is 25.1. The van der Waals surface area contributed by atoms with Crippen molar-refractivity contribution < 1.29 is 30.8 Å². The zero-order chi connectivity index (χ0) is 30.2. The maximum Gasteiger partial charge on any atom is 0.348 e. The highest BCUT2D eigenvalue weighted by Crippen LogP contribution is 2.38. The summed E-state index contributed by atoms with van der Waals surface area (Å²) in [4.78, 5) is 17.5. The van der Waals surface area contributed by atoms with Gasteiger partial charge in [0.1, 0.15) is 0 Å². The number of benzene rings is 3. The van der Waals surface area contributed by atoms with Crippen LogP contribution in [0, 0.1) is 0 Å². The average Bonchev–Trinajstić information content (AvgIpc) is 2.91. The quantitative estimate of drug-likeness (QED) is 0.233. The summed E-state index contributed by atoms with van der Waals surface area (Å²) in [5.41, 5.74) is 0.403. The SMILES string of the molecule is CCOC(=O)C(F)(Cc1cccc(-c2cc(C(C)(C)S(C)(=O)=O)cc3cccnc23)c1)c1ccc(S(C)(=O)=O)cc1. The van der Waals surface area contributed by atoms with E-state index in [4.69, 9.17) is 4.74 Å². The van der Waals surface area contributed by atoms with E-state index in [9.17, 15) is 21.6 Å². The molecule has 41 heavy (non-hydrogen) atoms. The van der Waals surface area contributed by atoms with Gasteiger partial charge in [0.05, 0.1) is 21.8 Å². The van der Waals surface area contributed by atoms with Gasteiger partial charge in [-0.3, -0.25) is 4.98 Å². The molecule has 0 saturated heterocycles. The predicted octanol–water partition coefficient (Wildman–Crippen LogP) is 5.56. The normalized spacial score (nSPS) is 14.0. The van der Waals surface area contributed by atoms with Gasteiger partial charge in [-0.2, -0.15) is 0 Å². The molecule has 1 heterocycles. The molecule has 216 valence electrons. The van der Waals surface area contributed by atoms with Gasteiger partial charge >= 0.3 is 5.97 Å². The molecule has 1 unspecified atom stereocenters. The second-order valence-corrected chi connectivity index (χ2v) is 15.2. The number of hydrogen-bond donors (Lipinski definition) is 0. The smallest absolute Gasteiger partial charge is 0.348 e. The molecule has 3 aromatic carbocycles. The van der Waals surface area contributed by atoms with E-state index in [1.807, 2.05) is 18.2 Å². The Morgan fingerprint density at radius 1 is 0.902 bits per heavy atom. The Hall–Kier alpha value is -3.63. The molecule has 0 aliphatic carbocycles. The third-order valence-electron chi connectivity index (χ3n) is 7.35. The minimum atomic E-state index is -3.51. The van der Waals surface area contributed by atoms with E-state index in [0.29, 0.717) is 27.8 Å². The van der Waals surface area contributed by atoms with Crippen LogP contribution in [0.5, 0.6) is 0 Å². The van der Waals surface area contributed by atoms with Crippen LogP contribution < -0.4 is 0 Å². The lowest BCUT2D eigenvalue weighted by atomic mass is 9.87. The molecular weight excluding hydrogens is 565 g/mol. The third kappa shape index (κ3) is 6.04. The summed E-state index contributed by atoms with van der Waals surface area (Å²) in [6.07, 6.45) is 3.51. The zero-order valence-electron chi connectivity index (χ0n) is 23.5. The topological polar surface area (TPSA) is 107 Å². The number of fused-ring (bicyclic) bond motifs is 1. The van der Waals surface area contributed by atoms with E-state index in [0.717, 1.165) is 11.6 Å². The Morgan fingerprint density at radius 3 is 2.20 bits per heavy atom. The third-order valence-corrected chi connectivity index (χ3v) is 10.6. The molecule has 0 bridgehead atoms. The molecule has 0 spiro atoms. The lowest BCUT2D eigenvalue weighted by Gasteiger charge is -2.25. The number of ether oxygens (including phenoxy) is 1. The van der Waals surface area contributed by atoms with Crippen molar-refractivity contribution in [2.24, 2.45) is 0 Å². The maximum absolute atomic E-state index is 16.7. The Balaban J connectivity index is 1.84. The summed E-state index contributed by atoms with van der Waals surface area (Å²) in [7, 11) is -6.99. The Bertz CT molecular complexity index is 1830. The van der Waals surface area contributed by atoms with Crippen LogP contribution in [-0.2, 0) is 46.0 Å². The molecule has 0 saturated carbocycles. The van der Waals surface area contributed by atoms with Crippen molar-refractivity contribution in [1.82, 2.24) is 4.98 Å².